The van der Waals surface area contributed by atoms with Gasteiger partial charge in [0.2, 0.25) is 5.92 Å². The number of ether oxygens (including phenoxy) is 1. The molecule has 0 aliphatic carbocycles. The zero-order valence-electron chi connectivity index (χ0n) is 13.7. The average molecular weight is 321 g/mol. The first-order valence-corrected chi connectivity index (χ1v) is 7.79. The third kappa shape index (κ3) is 4.30. The van der Waals surface area contributed by atoms with Crippen molar-refractivity contribution in [1.29, 1.82) is 5.26 Å². The Morgan fingerprint density at radius 3 is 2.12 bits per heavy atom. The molecule has 4 heteroatoms. The van der Waals surface area contributed by atoms with Crippen LogP contribution in [0.15, 0.2) is 54.6 Å². The van der Waals surface area contributed by atoms with Gasteiger partial charge in [0.15, 0.2) is 5.78 Å². The van der Waals surface area contributed by atoms with Gasteiger partial charge >= 0.3 is 5.97 Å². The summed E-state index contributed by atoms with van der Waals surface area (Å²) in [5.41, 5.74) is 2.32. The van der Waals surface area contributed by atoms with Gasteiger partial charge in [-0.25, -0.2) is 0 Å². The molecule has 24 heavy (non-hydrogen) atoms. The molecule has 4 nitrogen and oxygen atoms in total. The molecule has 0 bridgehead atoms. The molecule has 0 saturated carbocycles. The lowest BCUT2D eigenvalue weighted by Crippen LogP contribution is -2.26. The van der Waals surface area contributed by atoms with E-state index in [9.17, 15) is 9.59 Å². The highest BCUT2D eigenvalue weighted by Crippen LogP contribution is 2.20. The first-order chi connectivity index (χ1) is 11.5. The number of carbonyl (C=O) groups is 2. The summed E-state index contributed by atoms with van der Waals surface area (Å²) < 4.78 is 5.01. The fourth-order valence-electron chi connectivity index (χ4n) is 2.17. The fraction of sp³-hybridized carbons (Fsp3) is 0.250. The lowest BCUT2D eigenvalue weighted by molar-refractivity contribution is -0.146. The molecule has 0 N–H and O–H groups in total. The smallest absolute Gasteiger partial charge is 0.331 e. The van der Waals surface area contributed by atoms with Crippen LogP contribution in [0, 0.1) is 23.2 Å². The van der Waals surface area contributed by atoms with E-state index in [2.05, 4.69) is 0 Å². The van der Waals surface area contributed by atoms with Crippen molar-refractivity contribution in [1.82, 2.24) is 0 Å². The molecular formula is C20H19NO3. The molecule has 0 amide bonds. The lowest BCUT2D eigenvalue weighted by atomic mass is 9.96. The summed E-state index contributed by atoms with van der Waals surface area (Å²) in [6.07, 6.45) is 0. The number of nitrogens with zero attached hydrogens (tertiary/aromatic N) is 1. The summed E-state index contributed by atoms with van der Waals surface area (Å²) in [6, 6.07) is 18.4. The van der Waals surface area contributed by atoms with Crippen LogP contribution in [0.2, 0.25) is 0 Å². The molecular weight excluding hydrogens is 302 g/mol. The Hall–Kier alpha value is -2.93. The van der Waals surface area contributed by atoms with Crippen molar-refractivity contribution in [3.05, 3.63) is 60.2 Å². The van der Waals surface area contributed by atoms with E-state index in [4.69, 9.17) is 10.00 Å². The number of hydrogen-bond acceptors (Lipinski definition) is 4. The Morgan fingerprint density at radius 1 is 1.00 bits per heavy atom. The van der Waals surface area contributed by atoms with Gasteiger partial charge in [0.25, 0.3) is 0 Å². The van der Waals surface area contributed by atoms with Gasteiger partial charge in [-0.15, -0.1) is 0 Å². The van der Waals surface area contributed by atoms with Crippen molar-refractivity contribution in [2.75, 3.05) is 6.61 Å². The van der Waals surface area contributed by atoms with Crippen molar-refractivity contribution < 1.29 is 14.3 Å². The highest BCUT2D eigenvalue weighted by Gasteiger charge is 2.29. The number of esters is 1. The minimum atomic E-state index is -1.42. The average Bonchev–Trinajstić information content (AvgIpc) is 2.61. The molecule has 2 aromatic rings. The number of nitriles is 1. The summed E-state index contributed by atoms with van der Waals surface area (Å²) in [5, 5.41) is 9.15. The van der Waals surface area contributed by atoms with Crippen LogP contribution in [0.1, 0.15) is 24.2 Å². The van der Waals surface area contributed by atoms with Crippen LogP contribution in [0.25, 0.3) is 11.1 Å². The first-order valence-electron chi connectivity index (χ1n) is 7.79. The predicted octanol–water partition coefficient (Wildman–Crippen LogP) is 3.88. The Bertz CT molecular complexity index is 743. The van der Waals surface area contributed by atoms with Gasteiger partial charge in [-0.2, -0.15) is 5.26 Å². The third-order valence-corrected chi connectivity index (χ3v) is 3.46. The monoisotopic (exact) mass is 321 g/mol. The molecule has 0 aromatic heterocycles. The number of ketones is 1. The van der Waals surface area contributed by atoms with E-state index < -0.39 is 17.7 Å². The summed E-state index contributed by atoms with van der Waals surface area (Å²) in [6.45, 7) is 3.97. The molecule has 0 heterocycles. The van der Waals surface area contributed by atoms with Gasteiger partial charge in [0.1, 0.15) is 0 Å². The second-order valence-corrected chi connectivity index (χ2v) is 5.89. The Labute approximate surface area is 141 Å². The van der Waals surface area contributed by atoms with E-state index >= 15 is 0 Å². The largest absolute Gasteiger partial charge is 0.464 e. The Balaban J connectivity index is 2.14. The zero-order valence-corrected chi connectivity index (χ0v) is 13.7. The standard InChI is InChI=1S/C20H19NO3/c1-14(2)13-24-20(23)18(12-21)19(22)17-10-8-16(9-11-17)15-6-4-3-5-7-15/h3-11,14,18H,13H2,1-2H3. The third-order valence-electron chi connectivity index (χ3n) is 3.46. The molecule has 1 unspecified atom stereocenters. The summed E-state index contributed by atoms with van der Waals surface area (Å²) >= 11 is 0. The second kappa shape index (κ2) is 8.07. The van der Waals surface area contributed by atoms with Crippen LogP contribution in [0.5, 0.6) is 0 Å². The second-order valence-electron chi connectivity index (χ2n) is 5.89. The SMILES string of the molecule is CC(C)COC(=O)C(C#N)C(=O)c1ccc(-c2ccccc2)cc1. The van der Waals surface area contributed by atoms with Gasteiger partial charge in [-0.3, -0.25) is 9.59 Å². The van der Waals surface area contributed by atoms with E-state index in [1.54, 1.807) is 30.3 Å². The Morgan fingerprint density at radius 2 is 1.58 bits per heavy atom. The fourth-order valence-corrected chi connectivity index (χ4v) is 2.17. The molecule has 0 spiro atoms. The van der Waals surface area contributed by atoms with Crippen LogP contribution in [0.3, 0.4) is 0 Å². The van der Waals surface area contributed by atoms with E-state index in [-0.39, 0.29) is 12.5 Å². The van der Waals surface area contributed by atoms with E-state index in [1.165, 1.54) is 0 Å². The highest BCUT2D eigenvalue weighted by molar-refractivity contribution is 6.10. The molecule has 0 aliphatic heterocycles. The molecule has 0 radical (unpaired) electrons. The normalized spacial score (nSPS) is 11.6. The van der Waals surface area contributed by atoms with Crippen LogP contribution in [0.4, 0.5) is 0 Å². The van der Waals surface area contributed by atoms with Gasteiger partial charge in [0, 0.05) is 5.56 Å². The zero-order chi connectivity index (χ0) is 17.5. The number of rotatable bonds is 6. The maximum atomic E-state index is 12.4. The number of hydrogen-bond donors (Lipinski definition) is 0. The van der Waals surface area contributed by atoms with Crippen LogP contribution < -0.4 is 0 Å². The van der Waals surface area contributed by atoms with Crippen LogP contribution in [-0.4, -0.2) is 18.4 Å². The van der Waals surface area contributed by atoms with E-state index in [1.807, 2.05) is 44.2 Å². The lowest BCUT2D eigenvalue weighted by Gasteiger charge is -2.11. The molecule has 122 valence electrons. The maximum absolute atomic E-state index is 12.4. The van der Waals surface area contributed by atoms with Crippen molar-refractivity contribution in [3.63, 3.8) is 0 Å². The van der Waals surface area contributed by atoms with Crippen molar-refractivity contribution in [2.24, 2.45) is 11.8 Å². The number of benzene rings is 2. The van der Waals surface area contributed by atoms with Crippen LogP contribution in [-0.2, 0) is 9.53 Å². The molecule has 0 saturated heterocycles. The molecule has 0 aliphatic rings. The summed E-state index contributed by atoms with van der Waals surface area (Å²) in [7, 11) is 0. The van der Waals surface area contributed by atoms with Gasteiger partial charge < -0.3 is 4.74 Å². The molecule has 0 fully saturated rings. The van der Waals surface area contributed by atoms with Crippen molar-refractivity contribution >= 4 is 11.8 Å². The molecule has 2 rings (SSSR count). The minimum absolute atomic E-state index is 0.147. The van der Waals surface area contributed by atoms with E-state index in [0.717, 1.165) is 11.1 Å². The molecule has 1 atom stereocenters. The maximum Gasteiger partial charge on any atom is 0.331 e. The highest BCUT2D eigenvalue weighted by atomic mass is 16.5. The van der Waals surface area contributed by atoms with Crippen molar-refractivity contribution in [3.8, 4) is 17.2 Å². The molecule has 2 aromatic carbocycles. The minimum Gasteiger partial charge on any atom is -0.464 e. The van der Waals surface area contributed by atoms with Gasteiger partial charge in [-0.1, -0.05) is 68.4 Å². The topological polar surface area (TPSA) is 67.2 Å². The Kier molecular flexibility index (Phi) is 5.86. The van der Waals surface area contributed by atoms with Gasteiger partial charge in [-0.05, 0) is 17.0 Å². The van der Waals surface area contributed by atoms with Gasteiger partial charge in [0.05, 0.1) is 12.7 Å². The quantitative estimate of drug-likeness (QED) is 0.460. The summed E-state index contributed by atoms with van der Waals surface area (Å²) in [5.74, 6) is -2.60. The number of carbonyl (C=O) groups excluding carboxylic acids is 2. The predicted molar refractivity (Wildman–Crippen MR) is 91.1 cm³/mol. The van der Waals surface area contributed by atoms with Crippen LogP contribution >= 0.6 is 0 Å². The first kappa shape index (κ1) is 17.4. The van der Waals surface area contributed by atoms with E-state index in [0.29, 0.717) is 5.56 Å². The number of Topliss-reactive ketones (excluding diaryl/α,β-unsaturated/α-hetero) is 1. The van der Waals surface area contributed by atoms with Crippen molar-refractivity contribution in [2.45, 2.75) is 13.8 Å². The summed E-state index contributed by atoms with van der Waals surface area (Å²) in [4.78, 5) is 24.3.